The van der Waals surface area contributed by atoms with Gasteiger partial charge in [-0.3, -0.25) is 9.59 Å². The van der Waals surface area contributed by atoms with Crippen molar-refractivity contribution in [2.75, 3.05) is 26.7 Å². The molecule has 2 heterocycles. The monoisotopic (exact) mass is 482 g/mol. The van der Waals surface area contributed by atoms with Gasteiger partial charge < -0.3 is 14.5 Å². The largest absolute Gasteiger partial charge is 0.497 e. The molecule has 0 aliphatic carbocycles. The van der Waals surface area contributed by atoms with Gasteiger partial charge in [0.1, 0.15) is 12.3 Å². The maximum absolute atomic E-state index is 13.6. The Hall–Kier alpha value is -2.83. The van der Waals surface area contributed by atoms with Crippen LogP contribution in [0.25, 0.3) is 0 Å². The van der Waals surface area contributed by atoms with Crippen molar-refractivity contribution in [2.24, 2.45) is 0 Å². The molecule has 7 heteroatoms. The molecule has 3 aromatic rings. The Kier molecular flexibility index (Phi) is 7.36. The van der Waals surface area contributed by atoms with Crippen LogP contribution in [-0.2, 0) is 11.2 Å². The van der Waals surface area contributed by atoms with Crippen molar-refractivity contribution >= 4 is 34.8 Å². The van der Waals surface area contributed by atoms with Gasteiger partial charge >= 0.3 is 0 Å². The zero-order valence-corrected chi connectivity index (χ0v) is 20.4. The SMILES string of the molecule is CCCN(CC(=O)N1CCc2sccc2C1c1ccc(Cl)cc1)C(=O)c1ccc(OC)cc1. The highest BCUT2D eigenvalue weighted by Gasteiger charge is 2.34. The van der Waals surface area contributed by atoms with E-state index in [9.17, 15) is 9.59 Å². The van der Waals surface area contributed by atoms with Crippen LogP contribution in [0.2, 0.25) is 5.02 Å². The normalized spacial score (nSPS) is 15.1. The molecule has 1 unspecified atom stereocenters. The molecule has 1 aliphatic heterocycles. The van der Waals surface area contributed by atoms with Crippen LogP contribution in [0.1, 0.15) is 45.7 Å². The van der Waals surface area contributed by atoms with E-state index in [1.165, 1.54) is 4.88 Å². The Morgan fingerprint density at radius 3 is 2.52 bits per heavy atom. The Balaban J connectivity index is 1.58. The summed E-state index contributed by atoms with van der Waals surface area (Å²) in [4.78, 5) is 31.6. The van der Waals surface area contributed by atoms with E-state index in [0.29, 0.717) is 29.4 Å². The second-order valence-corrected chi connectivity index (χ2v) is 9.48. The third-order valence-corrected chi connectivity index (χ3v) is 7.16. The zero-order valence-electron chi connectivity index (χ0n) is 18.8. The van der Waals surface area contributed by atoms with Crippen LogP contribution < -0.4 is 4.74 Å². The Labute approximate surface area is 203 Å². The summed E-state index contributed by atoms with van der Waals surface area (Å²) in [5.41, 5.74) is 2.73. The van der Waals surface area contributed by atoms with Gasteiger partial charge in [-0.15, -0.1) is 11.3 Å². The van der Waals surface area contributed by atoms with Crippen molar-refractivity contribution < 1.29 is 14.3 Å². The van der Waals surface area contributed by atoms with Crippen molar-refractivity contribution in [1.82, 2.24) is 9.80 Å². The Morgan fingerprint density at radius 1 is 1.12 bits per heavy atom. The highest BCUT2D eigenvalue weighted by atomic mass is 35.5. The smallest absolute Gasteiger partial charge is 0.254 e. The average Bonchev–Trinajstić information content (AvgIpc) is 3.32. The summed E-state index contributed by atoms with van der Waals surface area (Å²) in [7, 11) is 1.59. The maximum atomic E-state index is 13.6. The van der Waals surface area contributed by atoms with E-state index in [1.807, 2.05) is 36.1 Å². The van der Waals surface area contributed by atoms with Gasteiger partial charge in [0.2, 0.25) is 5.91 Å². The quantitative estimate of drug-likeness (QED) is 0.450. The summed E-state index contributed by atoms with van der Waals surface area (Å²) in [6, 6.07) is 16.6. The van der Waals surface area contributed by atoms with E-state index in [2.05, 4.69) is 11.4 Å². The number of fused-ring (bicyclic) bond motifs is 1. The maximum Gasteiger partial charge on any atom is 0.254 e. The van der Waals surface area contributed by atoms with Crippen LogP contribution >= 0.6 is 22.9 Å². The Bertz CT molecular complexity index is 1110. The summed E-state index contributed by atoms with van der Waals surface area (Å²) in [5.74, 6) is 0.488. The minimum absolute atomic E-state index is 0.0439. The van der Waals surface area contributed by atoms with Gasteiger partial charge in [-0.05, 0) is 71.8 Å². The summed E-state index contributed by atoms with van der Waals surface area (Å²) >= 11 is 7.84. The second kappa shape index (κ2) is 10.4. The highest BCUT2D eigenvalue weighted by Crippen LogP contribution is 2.38. The summed E-state index contributed by atoms with van der Waals surface area (Å²) in [5, 5.41) is 2.75. The lowest BCUT2D eigenvalue weighted by Gasteiger charge is -2.37. The van der Waals surface area contributed by atoms with Gasteiger partial charge in [0.05, 0.1) is 13.2 Å². The third kappa shape index (κ3) is 5.07. The fourth-order valence-electron chi connectivity index (χ4n) is 4.28. The van der Waals surface area contributed by atoms with Gasteiger partial charge in [-0.2, -0.15) is 0 Å². The second-order valence-electron chi connectivity index (χ2n) is 8.05. The number of carbonyl (C=O) groups is 2. The van der Waals surface area contributed by atoms with Gasteiger partial charge in [0.25, 0.3) is 5.91 Å². The van der Waals surface area contributed by atoms with Crippen molar-refractivity contribution in [3.63, 3.8) is 0 Å². The predicted octanol–water partition coefficient (Wildman–Crippen LogP) is 5.44. The first-order valence-electron chi connectivity index (χ1n) is 11.1. The minimum atomic E-state index is -0.177. The molecule has 4 rings (SSSR count). The van der Waals surface area contributed by atoms with E-state index in [4.69, 9.17) is 16.3 Å². The van der Waals surface area contributed by atoms with Crippen LogP contribution in [0.15, 0.2) is 60.0 Å². The lowest BCUT2D eigenvalue weighted by Crippen LogP contribution is -2.47. The molecule has 5 nitrogen and oxygen atoms in total. The standard InChI is InChI=1S/C26H27ClN2O3S/c1-3-14-28(26(31)19-6-10-21(32-2)11-7-19)17-24(30)29-15-12-23-22(13-16-33-23)25(29)18-4-8-20(27)9-5-18/h4-11,13,16,25H,3,12,14-15,17H2,1-2H3. The number of amides is 2. The molecule has 0 radical (unpaired) electrons. The van der Waals surface area contributed by atoms with Gasteiger partial charge in [0, 0.05) is 28.6 Å². The molecule has 33 heavy (non-hydrogen) atoms. The van der Waals surface area contributed by atoms with Crippen LogP contribution in [0, 0.1) is 0 Å². The fourth-order valence-corrected chi connectivity index (χ4v) is 5.31. The third-order valence-electron chi connectivity index (χ3n) is 5.92. The van der Waals surface area contributed by atoms with Crippen LogP contribution in [-0.4, -0.2) is 48.4 Å². The topological polar surface area (TPSA) is 49.9 Å². The number of rotatable bonds is 7. The average molecular weight is 483 g/mol. The number of ether oxygens (including phenoxy) is 1. The molecule has 0 saturated heterocycles. The first-order valence-corrected chi connectivity index (χ1v) is 12.3. The van der Waals surface area contributed by atoms with Crippen LogP contribution in [0.3, 0.4) is 0 Å². The minimum Gasteiger partial charge on any atom is -0.497 e. The number of thiophene rings is 1. The first kappa shape index (κ1) is 23.3. The molecule has 0 fully saturated rings. The molecule has 0 bridgehead atoms. The molecular weight excluding hydrogens is 456 g/mol. The lowest BCUT2D eigenvalue weighted by molar-refractivity contribution is -0.134. The van der Waals surface area contributed by atoms with Crippen molar-refractivity contribution in [2.45, 2.75) is 25.8 Å². The summed E-state index contributed by atoms with van der Waals surface area (Å²) < 4.78 is 5.19. The molecule has 172 valence electrons. The van der Waals surface area contributed by atoms with Crippen molar-refractivity contribution in [3.8, 4) is 5.75 Å². The molecule has 0 N–H and O–H groups in total. The number of nitrogens with zero attached hydrogens (tertiary/aromatic N) is 2. The van der Waals surface area contributed by atoms with E-state index < -0.39 is 0 Å². The van der Waals surface area contributed by atoms with E-state index in [0.717, 1.165) is 24.0 Å². The first-order chi connectivity index (χ1) is 16.0. The molecule has 1 atom stereocenters. The number of halogens is 1. The van der Waals surface area contributed by atoms with Crippen LogP contribution in [0.4, 0.5) is 0 Å². The highest BCUT2D eigenvalue weighted by molar-refractivity contribution is 7.10. The number of hydrogen-bond acceptors (Lipinski definition) is 4. The number of benzene rings is 2. The van der Waals surface area contributed by atoms with Crippen LogP contribution in [0.5, 0.6) is 5.75 Å². The van der Waals surface area contributed by atoms with Gasteiger partial charge in [0.15, 0.2) is 0 Å². The van der Waals surface area contributed by atoms with Crippen molar-refractivity contribution in [3.05, 3.63) is 86.6 Å². The molecule has 0 saturated carbocycles. The molecule has 0 spiro atoms. The molecule has 1 aromatic heterocycles. The Morgan fingerprint density at radius 2 is 1.85 bits per heavy atom. The number of hydrogen-bond donors (Lipinski definition) is 0. The number of carbonyl (C=O) groups excluding carboxylic acids is 2. The molecule has 2 aromatic carbocycles. The molecular formula is C26H27ClN2O3S. The van der Waals surface area contributed by atoms with Crippen molar-refractivity contribution in [1.29, 1.82) is 0 Å². The van der Waals surface area contributed by atoms with Gasteiger partial charge in [-0.25, -0.2) is 0 Å². The van der Waals surface area contributed by atoms with E-state index in [1.54, 1.807) is 47.6 Å². The fraction of sp³-hybridized carbons (Fsp3) is 0.308. The predicted molar refractivity (Wildman–Crippen MR) is 132 cm³/mol. The molecule has 1 aliphatic rings. The summed E-state index contributed by atoms with van der Waals surface area (Å²) in [6.07, 6.45) is 1.59. The van der Waals surface area contributed by atoms with Gasteiger partial charge in [-0.1, -0.05) is 30.7 Å². The summed E-state index contributed by atoms with van der Waals surface area (Å²) in [6.45, 7) is 3.19. The van der Waals surface area contributed by atoms with E-state index in [-0.39, 0.29) is 24.4 Å². The number of methoxy groups -OCH3 is 1. The zero-order chi connectivity index (χ0) is 23.4. The molecule has 2 amide bonds. The lowest BCUT2D eigenvalue weighted by atomic mass is 9.93. The van der Waals surface area contributed by atoms with E-state index >= 15 is 0 Å².